The summed E-state index contributed by atoms with van der Waals surface area (Å²) in [5, 5.41) is 8.02. The number of unbranched alkanes of at least 4 members (excludes halogenated alkanes) is 1. The van der Waals surface area contributed by atoms with Gasteiger partial charge in [0.25, 0.3) is 0 Å². The van der Waals surface area contributed by atoms with Gasteiger partial charge in [0.05, 0.1) is 0 Å². The normalized spacial score (nSPS) is 11.7. The Morgan fingerprint density at radius 3 is 2.21 bits per heavy atom. The molecule has 1 heterocycles. The second-order valence-corrected chi connectivity index (χ2v) is 7.99. The summed E-state index contributed by atoms with van der Waals surface area (Å²) >= 11 is 0. The monoisotopic (exact) mass is 378 g/mol. The predicted octanol–water partition coefficient (Wildman–Crippen LogP) is 7.53. The molecular formula is C27H26N2. The maximum atomic E-state index is 4.50. The van der Waals surface area contributed by atoms with Crippen molar-refractivity contribution in [2.24, 2.45) is 0 Å². The average molecular weight is 379 g/mol. The van der Waals surface area contributed by atoms with Crippen LogP contribution in [0.15, 0.2) is 66.9 Å². The van der Waals surface area contributed by atoms with E-state index in [1.165, 1.54) is 55.7 Å². The molecule has 144 valence electrons. The fourth-order valence-electron chi connectivity index (χ4n) is 4.56. The summed E-state index contributed by atoms with van der Waals surface area (Å²) in [6.07, 6.45) is 4.26. The van der Waals surface area contributed by atoms with Crippen LogP contribution in [0.3, 0.4) is 0 Å². The first kappa shape index (κ1) is 17.9. The maximum absolute atomic E-state index is 4.50. The highest BCUT2D eigenvalue weighted by molar-refractivity contribution is 6.25. The molecule has 0 saturated heterocycles. The van der Waals surface area contributed by atoms with E-state index in [2.05, 4.69) is 91.3 Å². The Labute approximate surface area is 172 Å². The minimum absolute atomic E-state index is 1.00. The zero-order valence-corrected chi connectivity index (χ0v) is 17.4. The predicted molar refractivity (Wildman–Crippen MR) is 126 cm³/mol. The molecular weight excluding hydrogens is 352 g/mol. The van der Waals surface area contributed by atoms with Gasteiger partial charge in [-0.05, 0) is 64.9 Å². The lowest BCUT2D eigenvalue weighted by molar-refractivity contribution is 0.785. The van der Waals surface area contributed by atoms with E-state index in [0.717, 1.165) is 18.7 Å². The fourth-order valence-corrected chi connectivity index (χ4v) is 4.56. The van der Waals surface area contributed by atoms with Crippen LogP contribution in [0.1, 0.15) is 31.0 Å². The Morgan fingerprint density at radius 2 is 1.45 bits per heavy atom. The van der Waals surface area contributed by atoms with Crippen LogP contribution in [-0.4, -0.2) is 11.5 Å². The van der Waals surface area contributed by atoms with Gasteiger partial charge in [-0.15, -0.1) is 0 Å². The number of benzene rings is 4. The Balaban J connectivity index is 1.82. The van der Waals surface area contributed by atoms with E-state index >= 15 is 0 Å². The van der Waals surface area contributed by atoms with Gasteiger partial charge >= 0.3 is 0 Å². The Hall–Kier alpha value is -3.13. The van der Waals surface area contributed by atoms with Gasteiger partial charge in [0.1, 0.15) is 0 Å². The summed E-state index contributed by atoms with van der Waals surface area (Å²) in [5.41, 5.74) is 4.91. The van der Waals surface area contributed by atoms with Crippen LogP contribution in [0.5, 0.6) is 0 Å². The van der Waals surface area contributed by atoms with Crippen LogP contribution < -0.4 is 4.90 Å². The van der Waals surface area contributed by atoms with Crippen molar-refractivity contribution in [1.29, 1.82) is 0 Å². The zero-order chi connectivity index (χ0) is 20.0. The first-order valence-corrected chi connectivity index (χ1v) is 10.6. The SMILES string of the molecule is CCCCN(c1ccnc(C)c1C)c1ccc2ccc3cccc4ccc1c2c34. The molecule has 0 atom stereocenters. The highest BCUT2D eigenvalue weighted by Gasteiger charge is 2.18. The van der Waals surface area contributed by atoms with Gasteiger partial charge in [0.2, 0.25) is 0 Å². The molecule has 1 aromatic heterocycles. The van der Waals surface area contributed by atoms with Crippen LogP contribution in [-0.2, 0) is 0 Å². The molecule has 0 saturated carbocycles. The third-order valence-corrected chi connectivity index (χ3v) is 6.25. The molecule has 0 radical (unpaired) electrons. The molecule has 0 N–H and O–H groups in total. The number of aromatic nitrogens is 1. The molecule has 2 heteroatoms. The molecule has 29 heavy (non-hydrogen) atoms. The van der Waals surface area contributed by atoms with E-state index in [0.29, 0.717) is 0 Å². The second kappa shape index (κ2) is 7.04. The molecule has 0 spiro atoms. The third kappa shape index (κ3) is 2.82. The van der Waals surface area contributed by atoms with Crippen molar-refractivity contribution >= 4 is 43.7 Å². The molecule has 0 unspecified atom stereocenters. The van der Waals surface area contributed by atoms with Gasteiger partial charge in [-0.2, -0.15) is 0 Å². The van der Waals surface area contributed by atoms with Crippen LogP contribution in [0.25, 0.3) is 32.3 Å². The topological polar surface area (TPSA) is 16.1 Å². The molecule has 5 aromatic rings. The summed E-state index contributed by atoms with van der Waals surface area (Å²) in [4.78, 5) is 7.00. The molecule has 0 aliphatic heterocycles. The highest BCUT2D eigenvalue weighted by Crippen LogP contribution is 2.41. The minimum atomic E-state index is 1.00. The summed E-state index contributed by atoms with van der Waals surface area (Å²) in [5.74, 6) is 0. The average Bonchev–Trinajstić information content (AvgIpc) is 2.75. The van der Waals surface area contributed by atoms with E-state index in [1.54, 1.807) is 0 Å². The number of hydrogen-bond acceptors (Lipinski definition) is 2. The second-order valence-electron chi connectivity index (χ2n) is 7.99. The quantitative estimate of drug-likeness (QED) is 0.294. The van der Waals surface area contributed by atoms with Crippen molar-refractivity contribution < 1.29 is 0 Å². The van der Waals surface area contributed by atoms with Crippen molar-refractivity contribution in [2.75, 3.05) is 11.4 Å². The van der Waals surface area contributed by atoms with E-state index in [1.807, 2.05) is 6.20 Å². The lowest BCUT2D eigenvalue weighted by Crippen LogP contribution is -2.20. The van der Waals surface area contributed by atoms with Crippen LogP contribution in [0.2, 0.25) is 0 Å². The molecule has 0 fully saturated rings. The molecule has 0 aliphatic rings. The lowest BCUT2D eigenvalue weighted by atomic mass is 9.93. The number of nitrogens with zero attached hydrogens (tertiary/aromatic N) is 2. The Kier molecular flexibility index (Phi) is 4.35. The fraction of sp³-hybridized carbons (Fsp3) is 0.222. The highest BCUT2D eigenvalue weighted by atomic mass is 15.1. The first-order chi connectivity index (χ1) is 14.2. The van der Waals surface area contributed by atoms with Gasteiger partial charge in [-0.3, -0.25) is 4.98 Å². The Bertz CT molecular complexity index is 1300. The van der Waals surface area contributed by atoms with Crippen LogP contribution in [0.4, 0.5) is 11.4 Å². The maximum Gasteiger partial charge on any atom is 0.0491 e. The van der Waals surface area contributed by atoms with Crippen molar-refractivity contribution in [2.45, 2.75) is 33.6 Å². The summed E-state index contributed by atoms with van der Waals surface area (Å²) in [6.45, 7) is 7.55. The number of aryl methyl sites for hydroxylation is 1. The standard InChI is InChI=1S/C27H26N2/c1-4-5-17-29(24-15-16-28-19(3)18(24)2)25-14-12-22-10-9-20-7-6-8-21-11-13-23(25)27(22)26(20)21/h6-16H,4-5,17H2,1-3H3. The van der Waals surface area contributed by atoms with Gasteiger partial charge < -0.3 is 4.90 Å². The van der Waals surface area contributed by atoms with Gasteiger partial charge in [-0.25, -0.2) is 0 Å². The third-order valence-electron chi connectivity index (χ3n) is 6.25. The van der Waals surface area contributed by atoms with Gasteiger partial charge in [-0.1, -0.05) is 61.9 Å². The van der Waals surface area contributed by atoms with Crippen LogP contribution in [0, 0.1) is 13.8 Å². The number of rotatable bonds is 5. The van der Waals surface area contributed by atoms with Crippen molar-refractivity contribution in [3.63, 3.8) is 0 Å². The lowest BCUT2D eigenvalue weighted by Gasteiger charge is -2.29. The number of hydrogen-bond donors (Lipinski definition) is 0. The number of pyridine rings is 1. The first-order valence-electron chi connectivity index (χ1n) is 10.6. The van der Waals surface area contributed by atoms with E-state index in [-0.39, 0.29) is 0 Å². The van der Waals surface area contributed by atoms with Gasteiger partial charge in [0.15, 0.2) is 0 Å². The smallest absolute Gasteiger partial charge is 0.0491 e. The molecule has 0 bridgehead atoms. The van der Waals surface area contributed by atoms with Crippen molar-refractivity contribution in [1.82, 2.24) is 4.98 Å². The van der Waals surface area contributed by atoms with Crippen LogP contribution >= 0.6 is 0 Å². The summed E-state index contributed by atoms with van der Waals surface area (Å²) in [7, 11) is 0. The van der Waals surface area contributed by atoms with E-state index < -0.39 is 0 Å². The molecule has 4 aromatic carbocycles. The molecule has 0 amide bonds. The van der Waals surface area contributed by atoms with E-state index in [9.17, 15) is 0 Å². The summed E-state index contributed by atoms with van der Waals surface area (Å²) in [6, 6.07) is 22.4. The number of anilines is 2. The largest absolute Gasteiger partial charge is 0.341 e. The van der Waals surface area contributed by atoms with Gasteiger partial charge in [0, 0.05) is 35.2 Å². The zero-order valence-electron chi connectivity index (χ0n) is 17.4. The molecule has 0 aliphatic carbocycles. The molecule has 2 nitrogen and oxygen atoms in total. The van der Waals surface area contributed by atoms with Crippen molar-refractivity contribution in [3.8, 4) is 0 Å². The molecule has 5 rings (SSSR count). The summed E-state index contributed by atoms with van der Waals surface area (Å²) < 4.78 is 0. The Morgan fingerprint density at radius 1 is 0.759 bits per heavy atom. The minimum Gasteiger partial charge on any atom is -0.341 e. The van der Waals surface area contributed by atoms with Crippen molar-refractivity contribution in [3.05, 3.63) is 78.1 Å². The van der Waals surface area contributed by atoms with E-state index in [4.69, 9.17) is 0 Å².